The van der Waals surface area contributed by atoms with E-state index in [9.17, 15) is 18.0 Å². The molecule has 1 amide bonds. The Kier molecular flexibility index (Phi) is 4.93. The van der Waals surface area contributed by atoms with Crippen molar-refractivity contribution < 1.29 is 22.7 Å². The van der Waals surface area contributed by atoms with Gasteiger partial charge in [-0.1, -0.05) is 30.3 Å². The van der Waals surface area contributed by atoms with Gasteiger partial charge in [0.15, 0.2) is 0 Å². The summed E-state index contributed by atoms with van der Waals surface area (Å²) in [6.45, 7) is 3.08. The van der Waals surface area contributed by atoms with Gasteiger partial charge in [-0.2, -0.15) is 13.2 Å². The number of halogens is 3. The van der Waals surface area contributed by atoms with Crippen LogP contribution in [-0.2, 0) is 16.1 Å². The number of likely N-dealkylation sites (tertiary alicyclic amines) is 1. The van der Waals surface area contributed by atoms with Crippen LogP contribution in [0, 0.1) is 11.8 Å². The number of carbonyl (C=O) groups is 1. The van der Waals surface area contributed by atoms with Crippen molar-refractivity contribution in [2.24, 2.45) is 11.8 Å². The van der Waals surface area contributed by atoms with Crippen molar-refractivity contribution in [2.45, 2.75) is 50.1 Å². The van der Waals surface area contributed by atoms with Gasteiger partial charge in [0.1, 0.15) is 0 Å². The Balaban J connectivity index is 1.33. The fourth-order valence-corrected chi connectivity index (χ4v) is 5.10. The number of rotatable bonds is 6. The van der Waals surface area contributed by atoms with Crippen LogP contribution in [0.15, 0.2) is 30.3 Å². The Morgan fingerprint density at radius 3 is 2.81 bits per heavy atom. The SMILES string of the molecule is O=C(CCC(F)(F)F)NC[C@H]1[C@H]2CN(Cc3ccccc3)C[C@]23CC[C@H]1O3. The fraction of sp³-hybridized carbons (Fsp3) is 0.650. The highest BCUT2D eigenvalue weighted by molar-refractivity contribution is 5.75. The molecule has 4 atom stereocenters. The third-order valence-electron chi connectivity index (χ3n) is 6.27. The number of ether oxygens (including phenoxy) is 1. The van der Waals surface area contributed by atoms with E-state index in [1.54, 1.807) is 0 Å². The van der Waals surface area contributed by atoms with E-state index >= 15 is 0 Å². The first-order chi connectivity index (χ1) is 12.8. The normalized spacial score (nSPS) is 32.6. The van der Waals surface area contributed by atoms with Gasteiger partial charge in [0, 0.05) is 44.4 Å². The average molecular weight is 382 g/mol. The first-order valence-corrected chi connectivity index (χ1v) is 9.62. The summed E-state index contributed by atoms with van der Waals surface area (Å²) in [5.41, 5.74) is 1.13. The molecular weight excluding hydrogens is 357 g/mol. The summed E-state index contributed by atoms with van der Waals surface area (Å²) in [5, 5.41) is 2.72. The molecule has 3 aliphatic rings. The Morgan fingerprint density at radius 1 is 1.30 bits per heavy atom. The van der Waals surface area contributed by atoms with Gasteiger partial charge in [-0.25, -0.2) is 0 Å². The quantitative estimate of drug-likeness (QED) is 0.822. The van der Waals surface area contributed by atoms with E-state index in [0.29, 0.717) is 12.5 Å². The van der Waals surface area contributed by atoms with Crippen molar-refractivity contribution in [1.29, 1.82) is 0 Å². The van der Waals surface area contributed by atoms with Gasteiger partial charge < -0.3 is 10.1 Å². The van der Waals surface area contributed by atoms with Gasteiger partial charge in [-0.05, 0) is 18.4 Å². The van der Waals surface area contributed by atoms with Crippen LogP contribution in [0.1, 0.15) is 31.2 Å². The van der Waals surface area contributed by atoms with Crippen molar-refractivity contribution >= 4 is 5.91 Å². The zero-order valence-corrected chi connectivity index (χ0v) is 15.2. The molecule has 27 heavy (non-hydrogen) atoms. The number of nitrogens with one attached hydrogen (secondary N) is 1. The number of carbonyl (C=O) groups excluding carboxylic acids is 1. The fourth-order valence-electron chi connectivity index (χ4n) is 5.10. The van der Waals surface area contributed by atoms with Crippen LogP contribution < -0.4 is 5.32 Å². The summed E-state index contributed by atoms with van der Waals surface area (Å²) in [6, 6.07) is 10.3. The van der Waals surface area contributed by atoms with Crippen molar-refractivity contribution in [1.82, 2.24) is 10.2 Å². The van der Waals surface area contributed by atoms with E-state index in [1.165, 1.54) is 5.56 Å². The summed E-state index contributed by atoms with van der Waals surface area (Å²) in [4.78, 5) is 14.2. The number of nitrogens with zero attached hydrogens (tertiary/aromatic N) is 1. The van der Waals surface area contributed by atoms with Gasteiger partial charge in [0.05, 0.1) is 18.1 Å². The number of fused-ring (bicyclic) bond motifs is 1. The second kappa shape index (κ2) is 7.09. The molecule has 3 fully saturated rings. The first-order valence-electron chi connectivity index (χ1n) is 9.62. The third-order valence-corrected chi connectivity index (χ3v) is 6.27. The van der Waals surface area contributed by atoms with Crippen LogP contribution in [0.25, 0.3) is 0 Å². The Hall–Kier alpha value is -1.60. The summed E-state index contributed by atoms with van der Waals surface area (Å²) >= 11 is 0. The minimum Gasteiger partial charge on any atom is -0.370 e. The molecule has 2 bridgehead atoms. The highest BCUT2D eigenvalue weighted by Gasteiger charge is 2.62. The molecule has 1 N–H and O–H groups in total. The summed E-state index contributed by atoms with van der Waals surface area (Å²) in [6.07, 6.45) is -3.73. The highest BCUT2D eigenvalue weighted by Crippen LogP contribution is 2.54. The molecule has 1 aromatic carbocycles. The molecule has 3 heterocycles. The molecule has 0 saturated carbocycles. The molecule has 1 spiro atoms. The number of hydrogen-bond donors (Lipinski definition) is 1. The van der Waals surface area contributed by atoms with Crippen molar-refractivity contribution in [3.05, 3.63) is 35.9 Å². The average Bonchev–Trinajstić information content (AvgIpc) is 3.26. The Bertz CT molecular complexity index is 682. The lowest BCUT2D eigenvalue weighted by Crippen LogP contribution is -2.42. The molecule has 0 aliphatic carbocycles. The van der Waals surface area contributed by atoms with E-state index in [-0.39, 0.29) is 17.6 Å². The summed E-state index contributed by atoms with van der Waals surface area (Å²) in [5.74, 6) is 0.000487. The second-order valence-electron chi connectivity index (χ2n) is 8.10. The molecule has 148 valence electrons. The number of alkyl halides is 3. The lowest BCUT2D eigenvalue weighted by molar-refractivity contribution is -0.144. The van der Waals surface area contributed by atoms with Gasteiger partial charge in [-0.15, -0.1) is 0 Å². The van der Waals surface area contributed by atoms with Crippen LogP contribution in [0.3, 0.4) is 0 Å². The number of amides is 1. The first kappa shape index (κ1) is 18.7. The largest absolute Gasteiger partial charge is 0.389 e. The molecular formula is C20H25F3N2O2. The predicted molar refractivity (Wildman–Crippen MR) is 93.8 cm³/mol. The molecule has 4 nitrogen and oxygen atoms in total. The number of benzene rings is 1. The zero-order valence-electron chi connectivity index (χ0n) is 15.2. The van der Waals surface area contributed by atoms with E-state index in [1.807, 2.05) is 18.2 Å². The monoisotopic (exact) mass is 382 g/mol. The van der Waals surface area contributed by atoms with E-state index < -0.39 is 24.9 Å². The standard InChI is InChI=1S/C20H25F3N2O2/c21-20(22,23)9-7-18(26)24-10-15-16-12-25(11-14-4-2-1-3-5-14)13-19(16)8-6-17(15)27-19/h1-5,15-17H,6-13H2,(H,24,26)/t15-,16+,17+,19+/m0/s1. The Morgan fingerprint density at radius 2 is 2.07 bits per heavy atom. The summed E-state index contributed by atoms with van der Waals surface area (Å²) < 4.78 is 43.2. The molecule has 4 rings (SSSR count). The minimum absolute atomic E-state index is 0.122. The molecule has 3 saturated heterocycles. The second-order valence-corrected chi connectivity index (χ2v) is 8.10. The maximum absolute atomic E-state index is 12.3. The van der Waals surface area contributed by atoms with Crippen molar-refractivity contribution in [3.8, 4) is 0 Å². The molecule has 7 heteroatoms. The Labute approximate surface area is 157 Å². The molecule has 1 aromatic rings. The zero-order chi connectivity index (χ0) is 19.1. The lowest BCUT2D eigenvalue weighted by Gasteiger charge is -2.29. The van der Waals surface area contributed by atoms with Gasteiger partial charge >= 0.3 is 6.18 Å². The molecule has 0 radical (unpaired) electrons. The predicted octanol–water partition coefficient (Wildman–Crippen LogP) is 3.12. The van der Waals surface area contributed by atoms with Crippen LogP contribution in [0.2, 0.25) is 0 Å². The smallest absolute Gasteiger partial charge is 0.370 e. The molecule has 0 aromatic heterocycles. The molecule has 0 unspecified atom stereocenters. The topological polar surface area (TPSA) is 41.6 Å². The van der Waals surface area contributed by atoms with E-state index in [0.717, 1.165) is 32.5 Å². The van der Waals surface area contributed by atoms with Crippen LogP contribution in [0.5, 0.6) is 0 Å². The van der Waals surface area contributed by atoms with Gasteiger partial charge in [-0.3, -0.25) is 9.69 Å². The third kappa shape index (κ3) is 3.99. The van der Waals surface area contributed by atoms with Gasteiger partial charge in [0.2, 0.25) is 5.91 Å². The van der Waals surface area contributed by atoms with Crippen LogP contribution >= 0.6 is 0 Å². The van der Waals surface area contributed by atoms with E-state index in [2.05, 4.69) is 22.3 Å². The summed E-state index contributed by atoms with van der Waals surface area (Å²) in [7, 11) is 0. The van der Waals surface area contributed by atoms with Crippen LogP contribution in [0.4, 0.5) is 13.2 Å². The lowest BCUT2D eigenvalue weighted by atomic mass is 9.73. The maximum Gasteiger partial charge on any atom is 0.389 e. The van der Waals surface area contributed by atoms with Crippen molar-refractivity contribution in [3.63, 3.8) is 0 Å². The van der Waals surface area contributed by atoms with Crippen LogP contribution in [-0.4, -0.2) is 48.3 Å². The van der Waals surface area contributed by atoms with Crippen molar-refractivity contribution in [2.75, 3.05) is 19.6 Å². The number of hydrogen-bond acceptors (Lipinski definition) is 3. The maximum atomic E-state index is 12.3. The molecule has 3 aliphatic heterocycles. The van der Waals surface area contributed by atoms with Gasteiger partial charge in [0.25, 0.3) is 0 Å². The van der Waals surface area contributed by atoms with E-state index in [4.69, 9.17) is 4.74 Å². The highest BCUT2D eigenvalue weighted by atomic mass is 19.4. The minimum atomic E-state index is -4.29.